The smallest absolute Gasteiger partial charge is 0.213 e. The van der Waals surface area contributed by atoms with Crippen LogP contribution >= 0.6 is 22.9 Å². The molecule has 0 fully saturated rings. The van der Waals surface area contributed by atoms with Gasteiger partial charge in [0.1, 0.15) is 16.6 Å². The SMILES string of the molecule is COc1ccc(Nc2nc3ncc(C#N)c(Nc4ccc(F)c(Cl)c4)c3s2)cn1. The van der Waals surface area contributed by atoms with Crippen LogP contribution in [-0.2, 0) is 0 Å². The topological polar surface area (TPSA) is 95.8 Å². The van der Waals surface area contributed by atoms with E-state index in [0.717, 1.165) is 5.69 Å². The zero-order valence-corrected chi connectivity index (χ0v) is 16.5. The minimum Gasteiger partial charge on any atom is -0.481 e. The van der Waals surface area contributed by atoms with Crippen LogP contribution in [0.25, 0.3) is 10.3 Å². The minimum absolute atomic E-state index is 0.0162. The number of nitrogens with zero attached hydrogens (tertiary/aromatic N) is 4. The van der Waals surface area contributed by atoms with Crippen molar-refractivity contribution in [3.8, 4) is 11.9 Å². The van der Waals surface area contributed by atoms with Crippen LogP contribution in [0, 0.1) is 17.1 Å². The molecule has 1 aromatic carbocycles. The Morgan fingerprint density at radius 3 is 2.66 bits per heavy atom. The summed E-state index contributed by atoms with van der Waals surface area (Å²) in [7, 11) is 1.55. The third kappa shape index (κ3) is 3.89. The number of ether oxygens (including phenoxy) is 1. The Balaban J connectivity index is 1.70. The number of rotatable bonds is 5. The van der Waals surface area contributed by atoms with Crippen LogP contribution in [0.3, 0.4) is 0 Å². The van der Waals surface area contributed by atoms with Crippen LogP contribution in [0.5, 0.6) is 5.88 Å². The zero-order valence-electron chi connectivity index (χ0n) is 14.9. The second kappa shape index (κ2) is 7.87. The van der Waals surface area contributed by atoms with Crippen LogP contribution in [0.1, 0.15) is 5.56 Å². The van der Waals surface area contributed by atoms with Crippen molar-refractivity contribution in [3.05, 3.63) is 59.1 Å². The molecule has 0 spiro atoms. The van der Waals surface area contributed by atoms with Gasteiger partial charge >= 0.3 is 0 Å². The van der Waals surface area contributed by atoms with Crippen molar-refractivity contribution in [1.82, 2.24) is 15.0 Å². The van der Waals surface area contributed by atoms with Crippen LogP contribution < -0.4 is 15.4 Å². The first-order valence-corrected chi connectivity index (χ1v) is 9.45. The number of pyridine rings is 2. The van der Waals surface area contributed by atoms with Gasteiger partial charge < -0.3 is 15.4 Å². The van der Waals surface area contributed by atoms with Gasteiger partial charge in [0.15, 0.2) is 10.8 Å². The van der Waals surface area contributed by atoms with Crippen molar-refractivity contribution >= 4 is 55.5 Å². The number of halogens is 2. The van der Waals surface area contributed by atoms with Crippen molar-refractivity contribution in [3.63, 3.8) is 0 Å². The lowest BCUT2D eigenvalue weighted by Crippen LogP contribution is -1.96. The normalized spacial score (nSPS) is 10.6. The van der Waals surface area contributed by atoms with E-state index < -0.39 is 5.82 Å². The number of anilines is 4. The molecule has 3 heterocycles. The average molecular weight is 427 g/mol. The van der Waals surface area contributed by atoms with Gasteiger partial charge in [0.25, 0.3) is 0 Å². The van der Waals surface area contributed by atoms with Crippen molar-refractivity contribution in [2.75, 3.05) is 17.7 Å². The number of methoxy groups -OCH3 is 1. The Labute approximate surface area is 173 Å². The minimum atomic E-state index is -0.519. The summed E-state index contributed by atoms with van der Waals surface area (Å²) in [5.74, 6) is -0.0143. The molecule has 0 aliphatic heterocycles. The van der Waals surface area contributed by atoms with Crippen LogP contribution in [-0.4, -0.2) is 22.1 Å². The molecule has 7 nitrogen and oxygen atoms in total. The molecule has 144 valence electrons. The highest BCUT2D eigenvalue weighted by molar-refractivity contribution is 7.22. The molecule has 0 unspecified atom stereocenters. The summed E-state index contributed by atoms with van der Waals surface area (Å²) < 4.78 is 19.2. The third-order valence-electron chi connectivity index (χ3n) is 3.93. The second-order valence-corrected chi connectivity index (χ2v) is 7.20. The van der Waals surface area contributed by atoms with Gasteiger partial charge in [-0.25, -0.2) is 14.4 Å². The first-order chi connectivity index (χ1) is 14.1. The fraction of sp³-hybridized carbons (Fsp3) is 0.0526. The lowest BCUT2D eigenvalue weighted by atomic mass is 10.2. The first-order valence-electron chi connectivity index (χ1n) is 8.26. The summed E-state index contributed by atoms with van der Waals surface area (Å²) in [5.41, 5.74) is 2.60. The molecule has 0 amide bonds. The molecule has 4 aromatic rings. The summed E-state index contributed by atoms with van der Waals surface area (Å²) in [4.78, 5) is 12.9. The third-order valence-corrected chi connectivity index (χ3v) is 5.19. The van der Waals surface area contributed by atoms with E-state index >= 15 is 0 Å². The number of hydrogen-bond donors (Lipinski definition) is 2. The Morgan fingerprint density at radius 2 is 1.97 bits per heavy atom. The van der Waals surface area contributed by atoms with Gasteiger partial charge in [-0.15, -0.1) is 0 Å². The number of nitrogens with one attached hydrogen (secondary N) is 2. The second-order valence-electron chi connectivity index (χ2n) is 5.80. The molecule has 4 rings (SSSR count). The molecule has 0 atom stereocenters. The van der Waals surface area contributed by atoms with Gasteiger partial charge in [-0.3, -0.25) is 0 Å². The maximum atomic E-state index is 13.4. The van der Waals surface area contributed by atoms with Gasteiger partial charge in [-0.1, -0.05) is 22.9 Å². The van der Waals surface area contributed by atoms with E-state index in [4.69, 9.17) is 16.3 Å². The van der Waals surface area contributed by atoms with E-state index in [0.29, 0.717) is 38.3 Å². The molecule has 3 aromatic heterocycles. The van der Waals surface area contributed by atoms with Crippen LogP contribution in [0.15, 0.2) is 42.7 Å². The van der Waals surface area contributed by atoms with Gasteiger partial charge in [0.05, 0.1) is 35.3 Å². The van der Waals surface area contributed by atoms with Crippen molar-refractivity contribution < 1.29 is 9.13 Å². The molecule has 2 N–H and O–H groups in total. The highest BCUT2D eigenvalue weighted by Crippen LogP contribution is 2.36. The number of nitriles is 1. The van der Waals surface area contributed by atoms with Crippen LogP contribution in [0.4, 0.5) is 26.6 Å². The summed E-state index contributed by atoms with van der Waals surface area (Å²) >= 11 is 7.18. The van der Waals surface area contributed by atoms with Gasteiger partial charge in [0.2, 0.25) is 5.88 Å². The molecule has 29 heavy (non-hydrogen) atoms. The van der Waals surface area contributed by atoms with E-state index in [1.807, 2.05) is 6.07 Å². The fourth-order valence-corrected chi connectivity index (χ4v) is 3.68. The number of thiazole rings is 1. The van der Waals surface area contributed by atoms with E-state index in [9.17, 15) is 9.65 Å². The van der Waals surface area contributed by atoms with E-state index in [2.05, 4.69) is 31.7 Å². The van der Waals surface area contributed by atoms with Gasteiger partial charge in [0, 0.05) is 18.0 Å². The monoisotopic (exact) mass is 426 g/mol. The highest BCUT2D eigenvalue weighted by atomic mass is 35.5. The standard InChI is InChI=1S/C19H12ClFN6OS/c1-28-15-5-3-12(9-23-15)26-19-27-18-17(29-19)16(10(7-22)8-24-18)25-11-2-4-14(21)13(20)6-11/h2-6,8-9H,1H3,(H2,24,25,26,27). The molecule has 0 saturated carbocycles. The van der Waals surface area contributed by atoms with Crippen LogP contribution in [0.2, 0.25) is 5.02 Å². The molecule has 0 saturated heterocycles. The molecular formula is C19H12ClFN6OS. The summed E-state index contributed by atoms with van der Waals surface area (Å²) in [6, 6.07) is 9.90. The van der Waals surface area contributed by atoms with Gasteiger partial charge in [-0.05, 0) is 24.3 Å². The van der Waals surface area contributed by atoms with E-state index in [1.165, 1.54) is 35.7 Å². The molecule has 10 heteroatoms. The number of aromatic nitrogens is 3. The van der Waals surface area contributed by atoms with Crippen molar-refractivity contribution in [2.24, 2.45) is 0 Å². The Morgan fingerprint density at radius 1 is 1.14 bits per heavy atom. The molecule has 0 radical (unpaired) electrons. The molecule has 0 aliphatic rings. The fourth-order valence-electron chi connectivity index (χ4n) is 2.55. The van der Waals surface area contributed by atoms with E-state index in [1.54, 1.807) is 19.4 Å². The molecular weight excluding hydrogens is 415 g/mol. The number of fused-ring (bicyclic) bond motifs is 1. The zero-order chi connectivity index (χ0) is 20.4. The Kier molecular flexibility index (Phi) is 5.12. The summed E-state index contributed by atoms with van der Waals surface area (Å²) in [6.45, 7) is 0. The van der Waals surface area contributed by atoms with E-state index in [-0.39, 0.29) is 5.02 Å². The first kappa shape index (κ1) is 18.9. The molecule has 0 bridgehead atoms. The maximum Gasteiger partial charge on any atom is 0.213 e. The molecule has 0 aliphatic carbocycles. The average Bonchev–Trinajstić information content (AvgIpc) is 3.14. The maximum absolute atomic E-state index is 13.4. The predicted molar refractivity (Wildman–Crippen MR) is 111 cm³/mol. The quantitative estimate of drug-likeness (QED) is 0.450. The lowest BCUT2D eigenvalue weighted by Gasteiger charge is -2.09. The predicted octanol–water partition coefficient (Wildman–Crippen LogP) is 5.25. The lowest BCUT2D eigenvalue weighted by molar-refractivity contribution is 0.398. The van der Waals surface area contributed by atoms with Crippen molar-refractivity contribution in [1.29, 1.82) is 5.26 Å². The summed E-state index contributed by atoms with van der Waals surface area (Å²) in [5, 5.41) is 16.3. The highest BCUT2D eigenvalue weighted by Gasteiger charge is 2.15. The van der Waals surface area contributed by atoms with Gasteiger partial charge in [-0.2, -0.15) is 10.2 Å². The largest absolute Gasteiger partial charge is 0.481 e. The number of hydrogen-bond acceptors (Lipinski definition) is 8. The van der Waals surface area contributed by atoms with Crippen molar-refractivity contribution in [2.45, 2.75) is 0 Å². The Bertz CT molecular complexity index is 1240. The number of benzene rings is 1. The summed E-state index contributed by atoms with van der Waals surface area (Å²) in [6.07, 6.45) is 3.06. The Hall–Kier alpha value is -3.48.